The Bertz CT molecular complexity index is 582. The third-order valence-electron chi connectivity index (χ3n) is 3.21. The quantitative estimate of drug-likeness (QED) is 0.921. The molecule has 1 aromatic heterocycles. The molecule has 4 nitrogen and oxygen atoms in total. The fourth-order valence-electron chi connectivity index (χ4n) is 2.18. The van der Waals surface area contributed by atoms with Gasteiger partial charge in [-0.1, -0.05) is 11.6 Å². The molecule has 1 unspecified atom stereocenters. The van der Waals surface area contributed by atoms with Crippen molar-refractivity contribution in [3.63, 3.8) is 0 Å². The molecule has 20 heavy (non-hydrogen) atoms. The molecule has 1 heterocycles. The van der Waals surface area contributed by atoms with E-state index in [0.717, 1.165) is 5.82 Å². The van der Waals surface area contributed by atoms with Crippen molar-refractivity contribution in [2.24, 2.45) is 0 Å². The highest BCUT2D eigenvalue weighted by molar-refractivity contribution is 6.30. The number of hydrogen-bond donors (Lipinski definition) is 1. The molecule has 0 saturated heterocycles. The zero-order valence-electron chi connectivity index (χ0n) is 11.8. The van der Waals surface area contributed by atoms with Crippen LogP contribution in [0, 0.1) is 5.82 Å². The molecule has 0 spiro atoms. The van der Waals surface area contributed by atoms with Gasteiger partial charge in [-0.05, 0) is 39.1 Å². The summed E-state index contributed by atoms with van der Waals surface area (Å²) in [5, 5.41) is 7.83. The molecule has 1 aromatic carbocycles. The predicted octanol–water partition coefficient (Wildman–Crippen LogP) is 3.15. The number of nitrogens with zero attached hydrogens (tertiary/aromatic N) is 3. The first kappa shape index (κ1) is 14.9. The van der Waals surface area contributed by atoms with E-state index in [0.29, 0.717) is 17.0 Å². The van der Waals surface area contributed by atoms with Crippen LogP contribution in [0.15, 0.2) is 24.5 Å². The molecule has 108 valence electrons. The summed E-state index contributed by atoms with van der Waals surface area (Å²) >= 11 is 5.95. The molecule has 0 amide bonds. The Morgan fingerprint density at radius 1 is 1.40 bits per heavy atom. The maximum atomic E-state index is 14.0. The smallest absolute Gasteiger partial charge is 0.138 e. The molecular formula is C14H18ClFN4. The van der Waals surface area contributed by atoms with E-state index in [1.807, 2.05) is 18.5 Å². The van der Waals surface area contributed by atoms with E-state index in [4.69, 9.17) is 11.6 Å². The van der Waals surface area contributed by atoms with Crippen molar-refractivity contribution in [2.45, 2.75) is 32.4 Å². The molecule has 2 aromatic rings. The van der Waals surface area contributed by atoms with Crippen LogP contribution in [-0.4, -0.2) is 21.8 Å². The summed E-state index contributed by atoms with van der Waals surface area (Å²) < 4.78 is 15.8. The SMILES string of the molecule is CNC(Cc1ncnn1C(C)C)c1cc(Cl)ccc1F. The zero-order chi connectivity index (χ0) is 14.7. The van der Waals surface area contributed by atoms with Gasteiger partial charge in [0.05, 0.1) is 0 Å². The molecule has 1 atom stereocenters. The average molecular weight is 297 g/mol. The Balaban J connectivity index is 2.29. The average Bonchev–Trinajstić information content (AvgIpc) is 2.87. The van der Waals surface area contributed by atoms with Gasteiger partial charge in [-0.25, -0.2) is 14.1 Å². The second-order valence-electron chi connectivity index (χ2n) is 4.93. The summed E-state index contributed by atoms with van der Waals surface area (Å²) in [6, 6.07) is 4.59. The van der Waals surface area contributed by atoms with Gasteiger partial charge in [-0.3, -0.25) is 0 Å². The molecule has 0 bridgehead atoms. The van der Waals surface area contributed by atoms with Crippen LogP contribution < -0.4 is 5.32 Å². The lowest BCUT2D eigenvalue weighted by molar-refractivity contribution is 0.468. The number of rotatable bonds is 5. The first-order valence-electron chi connectivity index (χ1n) is 6.53. The molecule has 6 heteroatoms. The highest BCUT2D eigenvalue weighted by Gasteiger charge is 2.18. The summed E-state index contributed by atoms with van der Waals surface area (Å²) in [4.78, 5) is 4.26. The largest absolute Gasteiger partial charge is 0.313 e. The summed E-state index contributed by atoms with van der Waals surface area (Å²) in [7, 11) is 1.79. The molecule has 0 radical (unpaired) electrons. The molecule has 0 saturated carbocycles. The maximum Gasteiger partial charge on any atom is 0.138 e. The maximum absolute atomic E-state index is 14.0. The fourth-order valence-corrected chi connectivity index (χ4v) is 2.36. The van der Waals surface area contributed by atoms with Gasteiger partial charge in [0.25, 0.3) is 0 Å². The third-order valence-corrected chi connectivity index (χ3v) is 3.44. The summed E-state index contributed by atoms with van der Waals surface area (Å²) in [5.41, 5.74) is 0.540. The van der Waals surface area contributed by atoms with Crippen LogP contribution in [0.3, 0.4) is 0 Å². The Morgan fingerprint density at radius 2 is 2.15 bits per heavy atom. The highest BCUT2D eigenvalue weighted by Crippen LogP contribution is 2.24. The standard InChI is InChI=1S/C14H18ClFN4/c1-9(2)20-14(18-8-19-20)7-13(17-3)11-6-10(15)4-5-12(11)16/h4-6,8-9,13,17H,7H2,1-3H3. The normalized spacial score (nSPS) is 12.9. The fraction of sp³-hybridized carbons (Fsp3) is 0.429. The summed E-state index contributed by atoms with van der Waals surface area (Å²) in [6.45, 7) is 4.07. The van der Waals surface area contributed by atoms with Crippen molar-refractivity contribution in [1.82, 2.24) is 20.1 Å². The lowest BCUT2D eigenvalue weighted by atomic mass is 10.0. The van der Waals surface area contributed by atoms with Gasteiger partial charge in [0.2, 0.25) is 0 Å². The Labute approximate surface area is 123 Å². The minimum Gasteiger partial charge on any atom is -0.313 e. The van der Waals surface area contributed by atoms with Gasteiger partial charge >= 0.3 is 0 Å². The molecule has 0 aliphatic carbocycles. The first-order valence-corrected chi connectivity index (χ1v) is 6.91. The van der Waals surface area contributed by atoms with Crippen LogP contribution >= 0.6 is 11.6 Å². The molecule has 2 rings (SSSR count). The number of benzene rings is 1. The minimum atomic E-state index is -0.274. The number of likely N-dealkylation sites (N-methyl/N-ethyl adjacent to an activating group) is 1. The Hall–Kier alpha value is -1.46. The van der Waals surface area contributed by atoms with E-state index >= 15 is 0 Å². The van der Waals surface area contributed by atoms with Crippen LogP contribution in [0.4, 0.5) is 4.39 Å². The van der Waals surface area contributed by atoms with E-state index in [-0.39, 0.29) is 17.9 Å². The van der Waals surface area contributed by atoms with Crippen molar-refractivity contribution < 1.29 is 4.39 Å². The minimum absolute atomic E-state index is 0.199. The molecule has 0 aliphatic rings. The van der Waals surface area contributed by atoms with Crippen LogP contribution in [0.1, 0.15) is 37.3 Å². The third kappa shape index (κ3) is 3.16. The number of nitrogens with one attached hydrogen (secondary N) is 1. The van der Waals surface area contributed by atoms with E-state index in [1.165, 1.54) is 12.4 Å². The van der Waals surface area contributed by atoms with Crippen molar-refractivity contribution >= 4 is 11.6 Å². The number of aromatic nitrogens is 3. The summed E-state index contributed by atoms with van der Waals surface area (Å²) in [5.74, 6) is 0.545. The van der Waals surface area contributed by atoms with E-state index in [9.17, 15) is 4.39 Å². The Morgan fingerprint density at radius 3 is 2.80 bits per heavy atom. The number of hydrogen-bond acceptors (Lipinski definition) is 3. The molecular weight excluding hydrogens is 279 g/mol. The van der Waals surface area contributed by atoms with Gasteiger partial charge in [0.1, 0.15) is 18.0 Å². The molecule has 0 aliphatic heterocycles. The zero-order valence-corrected chi connectivity index (χ0v) is 12.5. The lowest BCUT2D eigenvalue weighted by Crippen LogP contribution is -2.22. The lowest BCUT2D eigenvalue weighted by Gasteiger charge is -2.18. The van der Waals surface area contributed by atoms with Gasteiger partial charge in [-0.2, -0.15) is 5.10 Å². The van der Waals surface area contributed by atoms with E-state index < -0.39 is 0 Å². The topological polar surface area (TPSA) is 42.7 Å². The molecule has 0 fully saturated rings. The van der Waals surface area contributed by atoms with Gasteiger partial charge < -0.3 is 5.32 Å². The van der Waals surface area contributed by atoms with Gasteiger partial charge in [0, 0.05) is 29.1 Å². The van der Waals surface area contributed by atoms with Crippen molar-refractivity contribution in [1.29, 1.82) is 0 Å². The van der Waals surface area contributed by atoms with Gasteiger partial charge in [-0.15, -0.1) is 0 Å². The van der Waals surface area contributed by atoms with Crippen LogP contribution in [0.5, 0.6) is 0 Å². The highest BCUT2D eigenvalue weighted by atomic mass is 35.5. The second kappa shape index (κ2) is 6.33. The molecule has 1 N–H and O–H groups in total. The van der Waals surface area contributed by atoms with E-state index in [2.05, 4.69) is 15.4 Å². The van der Waals surface area contributed by atoms with Crippen molar-refractivity contribution in [3.05, 3.63) is 46.8 Å². The first-order chi connectivity index (χ1) is 9.52. The van der Waals surface area contributed by atoms with Crippen LogP contribution in [-0.2, 0) is 6.42 Å². The van der Waals surface area contributed by atoms with Gasteiger partial charge in [0.15, 0.2) is 0 Å². The van der Waals surface area contributed by atoms with E-state index in [1.54, 1.807) is 19.2 Å². The van der Waals surface area contributed by atoms with Crippen LogP contribution in [0.25, 0.3) is 0 Å². The van der Waals surface area contributed by atoms with Crippen LogP contribution in [0.2, 0.25) is 5.02 Å². The number of halogens is 2. The monoisotopic (exact) mass is 296 g/mol. The second-order valence-corrected chi connectivity index (χ2v) is 5.36. The van der Waals surface area contributed by atoms with Crippen molar-refractivity contribution in [3.8, 4) is 0 Å². The predicted molar refractivity (Wildman–Crippen MR) is 77.3 cm³/mol. The summed E-state index contributed by atoms with van der Waals surface area (Å²) in [6.07, 6.45) is 2.07. The van der Waals surface area contributed by atoms with Crippen molar-refractivity contribution in [2.75, 3.05) is 7.05 Å². The Kier molecular flexibility index (Phi) is 4.73.